The number of anilines is 2. The molecule has 4 unspecified atom stereocenters. The van der Waals surface area contributed by atoms with Crippen LogP contribution in [-0.4, -0.2) is 89.2 Å². The maximum Gasteiger partial charge on any atom is 0.259 e. The van der Waals surface area contributed by atoms with E-state index in [-0.39, 0.29) is 48.4 Å². The molecule has 12 heteroatoms. The van der Waals surface area contributed by atoms with Crippen LogP contribution in [0.5, 0.6) is 0 Å². The molecule has 6 N–H and O–H groups in total. The van der Waals surface area contributed by atoms with E-state index < -0.39 is 30.3 Å². The molecule has 0 saturated carbocycles. The Morgan fingerprint density at radius 2 is 1.85 bits per heavy atom. The first kappa shape index (κ1) is 24.6. The van der Waals surface area contributed by atoms with Gasteiger partial charge in [-0.15, -0.1) is 0 Å². The summed E-state index contributed by atoms with van der Waals surface area (Å²) in [5, 5.41) is 16.0. The monoisotopic (exact) mass is 482 g/mol. The van der Waals surface area contributed by atoms with E-state index in [4.69, 9.17) is 5.73 Å². The number of piperidine rings is 2. The molecule has 3 aliphatic rings. The normalized spacial score (nSPS) is 28.6. The Kier molecular flexibility index (Phi) is 6.99. The minimum Gasteiger partial charge on any atom is -0.381 e. The average molecular weight is 483 g/mol. The van der Waals surface area contributed by atoms with Crippen molar-refractivity contribution in [1.29, 1.82) is 0 Å². The number of hydrogen-bond acceptors (Lipinski definition) is 7. The fourth-order valence-corrected chi connectivity index (χ4v) is 5.14. The second kappa shape index (κ2) is 9.65. The van der Waals surface area contributed by atoms with Crippen LogP contribution in [0.2, 0.25) is 0 Å². The molecule has 2 amide bonds. The Morgan fingerprint density at radius 3 is 2.53 bits per heavy atom. The molecule has 1 aromatic heterocycles. The largest absolute Gasteiger partial charge is 0.381 e. The Bertz CT molecular complexity index is 909. The number of nitrogen functional groups attached to an aromatic ring is 1. The van der Waals surface area contributed by atoms with Crippen LogP contribution in [0, 0.1) is 5.92 Å². The van der Waals surface area contributed by atoms with Crippen molar-refractivity contribution in [2.24, 2.45) is 5.92 Å². The first-order valence-corrected chi connectivity index (χ1v) is 12.0. The summed E-state index contributed by atoms with van der Waals surface area (Å²) in [6, 6.07) is -1.02. The minimum absolute atomic E-state index is 0.0110. The molecule has 10 nitrogen and oxygen atoms in total. The molecule has 2 fully saturated rings. The number of nitrogens with one attached hydrogen (secondary N) is 4. The highest BCUT2D eigenvalue weighted by Gasteiger charge is 2.41. The number of halogens is 2. The Labute approximate surface area is 198 Å². The van der Waals surface area contributed by atoms with Crippen LogP contribution in [0.3, 0.4) is 0 Å². The first-order chi connectivity index (χ1) is 16.0. The number of amides is 2. The van der Waals surface area contributed by atoms with E-state index in [1.54, 1.807) is 0 Å². The molecule has 4 heterocycles. The third kappa shape index (κ3) is 5.27. The zero-order valence-corrected chi connectivity index (χ0v) is 20.0. The van der Waals surface area contributed by atoms with Crippen molar-refractivity contribution >= 4 is 23.5 Å². The number of likely N-dealkylation sites (tertiary alicyclic amines) is 1. The Morgan fingerprint density at radius 1 is 1.15 bits per heavy atom. The van der Waals surface area contributed by atoms with Gasteiger partial charge in [-0.1, -0.05) is 0 Å². The number of alkyl halides is 2. The van der Waals surface area contributed by atoms with Crippen LogP contribution in [0.25, 0.3) is 0 Å². The predicted octanol–water partition coefficient (Wildman–Crippen LogP) is 0.264. The van der Waals surface area contributed by atoms with E-state index in [2.05, 4.69) is 26.4 Å². The van der Waals surface area contributed by atoms with E-state index in [0.29, 0.717) is 38.3 Å². The Balaban J connectivity index is 1.43. The Hall–Kier alpha value is -2.47. The first-order valence-electron chi connectivity index (χ1n) is 12.0. The van der Waals surface area contributed by atoms with Crippen LogP contribution in [-0.2, 0) is 11.3 Å². The number of nitrogens with zero attached hydrogens (tertiary/aromatic N) is 3. The number of rotatable bonds is 4. The van der Waals surface area contributed by atoms with Crippen molar-refractivity contribution < 1.29 is 18.4 Å². The second-order valence-corrected chi connectivity index (χ2v) is 10.6. The summed E-state index contributed by atoms with van der Waals surface area (Å²) in [4.78, 5) is 27.8. The number of carbonyl (C=O) groups excluding carboxylic acids is 2. The van der Waals surface area contributed by atoms with E-state index in [9.17, 15) is 14.0 Å². The van der Waals surface area contributed by atoms with E-state index >= 15 is 4.39 Å². The SMILES string of the molecule is CC(C)(C)NC(=O)C1CCN(C2C(F)CNCC2NC(=O)c2c(N)nn3c2NCC(F)C3)CC1. The van der Waals surface area contributed by atoms with Gasteiger partial charge in [0, 0.05) is 31.1 Å². The molecule has 0 bridgehead atoms. The topological polar surface area (TPSA) is 129 Å². The molecule has 0 spiro atoms. The highest BCUT2D eigenvalue weighted by molar-refractivity contribution is 6.03. The van der Waals surface area contributed by atoms with Crippen molar-refractivity contribution in [2.75, 3.05) is 43.8 Å². The lowest BCUT2D eigenvalue weighted by molar-refractivity contribution is -0.128. The predicted molar refractivity (Wildman–Crippen MR) is 125 cm³/mol. The van der Waals surface area contributed by atoms with Crippen LogP contribution >= 0.6 is 0 Å². The summed E-state index contributed by atoms with van der Waals surface area (Å²) in [7, 11) is 0. The van der Waals surface area contributed by atoms with Crippen LogP contribution < -0.4 is 27.0 Å². The highest BCUT2D eigenvalue weighted by atomic mass is 19.1. The number of hydrogen-bond donors (Lipinski definition) is 5. The van der Waals surface area contributed by atoms with Gasteiger partial charge in [0.1, 0.15) is 23.7 Å². The molecular weight excluding hydrogens is 446 g/mol. The third-order valence-electron chi connectivity index (χ3n) is 6.69. The lowest BCUT2D eigenvalue weighted by Crippen LogP contribution is -2.66. The number of nitrogens with two attached hydrogens (primary N) is 1. The lowest BCUT2D eigenvalue weighted by atomic mass is 9.90. The van der Waals surface area contributed by atoms with Gasteiger partial charge in [-0.3, -0.25) is 14.5 Å². The van der Waals surface area contributed by atoms with Gasteiger partial charge in [-0.2, -0.15) is 5.10 Å². The van der Waals surface area contributed by atoms with Crippen molar-refractivity contribution in [3.63, 3.8) is 0 Å². The fourth-order valence-electron chi connectivity index (χ4n) is 5.14. The minimum atomic E-state index is -1.18. The van der Waals surface area contributed by atoms with Gasteiger partial charge in [0.25, 0.3) is 5.91 Å². The summed E-state index contributed by atoms with van der Waals surface area (Å²) in [6.07, 6.45) is -1.02. The van der Waals surface area contributed by atoms with E-state index in [1.165, 1.54) is 4.68 Å². The van der Waals surface area contributed by atoms with Crippen molar-refractivity contribution in [3.05, 3.63) is 5.56 Å². The summed E-state index contributed by atoms with van der Waals surface area (Å²) in [5.74, 6) is -0.145. The quantitative estimate of drug-likeness (QED) is 0.416. The highest BCUT2D eigenvalue weighted by Crippen LogP contribution is 2.28. The molecule has 34 heavy (non-hydrogen) atoms. The lowest BCUT2D eigenvalue weighted by Gasteiger charge is -2.45. The second-order valence-electron chi connectivity index (χ2n) is 10.6. The van der Waals surface area contributed by atoms with Crippen LogP contribution in [0.4, 0.5) is 20.4 Å². The zero-order valence-electron chi connectivity index (χ0n) is 20.0. The molecule has 3 aliphatic heterocycles. The fraction of sp³-hybridized carbons (Fsp3) is 0.773. The molecule has 2 saturated heterocycles. The third-order valence-corrected chi connectivity index (χ3v) is 6.69. The van der Waals surface area contributed by atoms with Gasteiger partial charge in [-0.05, 0) is 46.7 Å². The van der Waals surface area contributed by atoms with Gasteiger partial charge >= 0.3 is 0 Å². The molecule has 0 radical (unpaired) electrons. The van der Waals surface area contributed by atoms with Gasteiger partial charge in [0.15, 0.2) is 5.82 Å². The number of aromatic nitrogens is 2. The molecule has 1 aromatic rings. The summed E-state index contributed by atoms with van der Waals surface area (Å²) in [5.41, 5.74) is 5.83. The molecule has 0 aliphatic carbocycles. The standard InChI is InChI=1S/C22H36F2N8O2/c1-22(2,3)29-20(33)12-4-6-31(7-5-12)17-14(24)9-26-10-15(17)28-21(34)16-18(25)30-32-11-13(23)8-27-19(16)32/h12-15,17,26-27H,4-11H2,1-3H3,(H2,25,30)(H,28,34)(H,29,33). The van der Waals surface area contributed by atoms with E-state index in [1.807, 2.05) is 25.7 Å². The smallest absolute Gasteiger partial charge is 0.259 e. The molecule has 190 valence electrons. The average Bonchev–Trinajstić information content (AvgIpc) is 3.07. The van der Waals surface area contributed by atoms with E-state index in [0.717, 1.165) is 0 Å². The van der Waals surface area contributed by atoms with Gasteiger partial charge in [-0.25, -0.2) is 13.5 Å². The van der Waals surface area contributed by atoms with Crippen molar-refractivity contribution in [2.45, 2.75) is 70.1 Å². The molecular formula is C22H36F2N8O2. The summed E-state index contributed by atoms with van der Waals surface area (Å²) in [6.45, 7) is 7.71. The molecule has 4 rings (SSSR count). The van der Waals surface area contributed by atoms with Gasteiger partial charge in [0.05, 0.1) is 18.6 Å². The molecule has 0 aromatic carbocycles. The number of carbonyl (C=O) groups is 2. The summed E-state index contributed by atoms with van der Waals surface area (Å²) < 4.78 is 30.2. The molecule has 4 atom stereocenters. The van der Waals surface area contributed by atoms with Gasteiger partial charge < -0.3 is 27.0 Å². The number of fused-ring (bicyclic) bond motifs is 1. The summed E-state index contributed by atoms with van der Waals surface area (Å²) >= 11 is 0. The maximum atomic E-state index is 15.1. The van der Waals surface area contributed by atoms with Crippen molar-refractivity contribution in [3.8, 4) is 0 Å². The van der Waals surface area contributed by atoms with Crippen LogP contribution in [0.15, 0.2) is 0 Å². The van der Waals surface area contributed by atoms with Crippen LogP contribution in [0.1, 0.15) is 44.0 Å². The van der Waals surface area contributed by atoms with Crippen molar-refractivity contribution in [1.82, 2.24) is 30.6 Å². The maximum absolute atomic E-state index is 15.1. The zero-order chi connectivity index (χ0) is 24.6. The van der Waals surface area contributed by atoms with Gasteiger partial charge in [0.2, 0.25) is 5.91 Å².